The first kappa shape index (κ1) is 11.1. The molecule has 1 rings (SSSR count). The van der Waals surface area contributed by atoms with Crippen LogP contribution in [0.15, 0.2) is 18.2 Å². The molecule has 0 fully saturated rings. The smallest absolute Gasteiger partial charge is 0.122 e. The van der Waals surface area contributed by atoms with Crippen molar-refractivity contribution < 1.29 is 4.74 Å². The Bertz CT molecular complexity index is 291. The fourth-order valence-electron chi connectivity index (χ4n) is 1.53. The van der Waals surface area contributed by atoms with E-state index in [0.717, 1.165) is 12.2 Å². The van der Waals surface area contributed by atoms with Gasteiger partial charge in [0.05, 0.1) is 6.10 Å². The van der Waals surface area contributed by atoms with Crippen LogP contribution in [0.3, 0.4) is 0 Å². The summed E-state index contributed by atoms with van der Waals surface area (Å²) in [7, 11) is 0. The second-order valence-corrected chi connectivity index (χ2v) is 3.92. The fraction of sp³-hybridized carbons (Fsp3) is 0.538. The molecule has 14 heavy (non-hydrogen) atoms. The number of aryl methyl sites for hydroxylation is 1. The van der Waals surface area contributed by atoms with E-state index >= 15 is 0 Å². The zero-order chi connectivity index (χ0) is 10.6. The largest absolute Gasteiger partial charge is 0.490 e. The van der Waals surface area contributed by atoms with Crippen LogP contribution in [0.2, 0.25) is 0 Å². The molecule has 78 valence electrons. The van der Waals surface area contributed by atoms with E-state index in [1.807, 2.05) is 0 Å². The first-order chi connectivity index (χ1) is 6.65. The lowest BCUT2D eigenvalue weighted by atomic mass is 10.1. The van der Waals surface area contributed by atoms with Crippen LogP contribution in [0.4, 0.5) is 0 Å². The first-order valence-electron chi connectivity index (χ1n) is 5.38. The van der Waals surface area contributed by atoms with Gasteiger partial charge < -0.3 is 4.74 Å². The van der Waals surface area contributed by atoms with E-state index in [-0.39, 0.29) is 0 Å². The second kappa shape index (κ2) is 5.04. The SMILES string of the molecule is CCCC(C)Oc1cccc(C)c1C. The van der Waals surface area contributed by atoms with Gasteiger partial charge in [0, 0.05) is 0 Å². The Morgan fingerprint density at radius 2 is 2.00 bits per heavy atom. The quantitative estimate of drug-likeness (QED) is 0.703. The van der Waals surface area contributed by atoms with Crippen molar-refractivity contribution in [3.05, 3.63) is 29.3 Å². The molecule has 0 aromatic heterocycles. The Labute approximate surface area is 87.1 Å². The van der Waals surface area contributed by atoms with Crippen LogP contribution in [-0.2, 0) is 0 Å². The molecule has 0 aliphatic carbocycles. The van der Waals surface area contributed by atoms with Crippen molar-refractivity contribution in [3.8, 4) is 5.75 Å². The van der Waals surface area contributed by atoms with Crippen LogP contribution in [0.25, 0.3) is 0 Å². The predicted molar refractivity (Wildman–Crippen MR) is 60.9 cm³/mol. The molecule has 0 aliphatic rings. The predicted octanol–water partition coefficient (Wildman–Crippen LogP) is 3.87. The van der Waals surface area contributed by atoms with Gasteiger partial charge >= 0.3 is 0 Å². The van der Waals surface area contributed by atoms with Gasteiger partial charge in [0.15, 0.2) is 0 Å². The van der Waals surface area contributed by atoms with E-state index in [2.05, 4.69) is 45.9 Å². The summed E-state index contributed by atoms with van der Waals surface area (Å²) in [6.07, 6.45) is 2.61. The Hall–Kier alpha value is -0.980. The number of rotatable bonds is 4. The van der Waals surface area contributed by atoms with Gasteiger partial charge in [-0.3, -0.25) is 0 Å². The lowest BCUT2D eigenvalue weighted by Crippen LogP contribution is -2.11. The van der Waals surface area contributed by atoms with Crippen molar-refractivity contribution in [2.75, 3.05) is 0 Å². The molecule has 1 aromatic rings. The molecular formula is C13H20O. The zero-order valence-electron chi connectivity index (χ0n) is 9.63. The van der Waals surface area contributed by atoms with Crippen LogP contribution < -0.4 is 4.74 Å². The van der Waals surface area contributed by atoms with Gasteiger partial charge in [-0.15, -0.1) is 0 Å². The normalized spacial score (nSPS) is 12.6. The standard InChI is InChI=1S/C13H20O/c1-5-7-11(3)14-13-9-6-8-10(2)12(13)4/h6,8-9,11H,5,7H2,1-4H3. The minimum Gasteiger partial charge on any atom is -0.490 e. The molecule has 0 N–H and O–H groups in total. The maximum absolute atomic E-state index is 5.87. The Kier molecular flexibility index (Phi) is 3.99. The molecule has 1 aromatic carbocycles. The lowest BCUT2D eigenvalue weighted by Gasteiger charge is -2.16. The molecule has 1 nitrogen and oxygen atoms in total. The van der Waals surface area contributed by atoms with E-state index in [4.69, 9.17) is 4.74 Å². The zero-order valence-corrected chi connectivity index (χ0v) is 9.63. The summed E-state index contributed by atoms with van der Waals surface area (Å²) in [5, 5.41) is 0. The molecule has 0 saturated carbocycles. The van der Waals surface area contributed by atoms with E-state index in [1.54, 1.807) is 0 Å². The van der Waals surface area contributed by atoms with Crippen LogP contribution in [0.1, 0.15) is 37.8 Å². The van der Waals surface area contributed by atoms with E-state index in [1.165, 1.54) is 17.5 Å². The maximum atomic E-state index is 5.87. The topological polar surface area (TPSA) is 9.23 Å². The third-order valence-electron chi connectivity index (χ3n) is 2.58. The minimum absolute atomic E-state index is 0.320. The molecule has 0 bridgehead atoms. The molecule has 0 aliphatic heterocycles. The van der Waals surface area contributed by atoms with Gasteiger partial charge in [-0.25, -0.2) is 0 Å². The summed E-state index contributed by atoms with van der Waals surface area (Å²) >= 11 is 0. The molecule has 1 unspecified atom stereocenters. The summed E-state index contributed by atoms with van der Waals surface area (Å²) in [4.78, 5) is 0. The monoisotopic (exact) mass is 192 g/mol. The minimum atomic E-state index is 0.320. The second-order valence-electron chi connectivity index (χ2n) is 3.92. The molecule has 0 radical (unpaired) electrons. The van der Waals surface area contributed by atoms with Gasteiger partial charge in [0.1, 0.15) is 5.75 Å². The highest BCUT2D eigenvalue weighted by Crippen LogP contribution is 2.22. The lowest BCUT2D eigenvalue weighted by molar-refractivity contribution is 0.208. The number of hydrogen-bond donors (Lipinski definition) is 0. The van der Waals surface area contributed by atoms with E-state index in [0.29, 0.717) is 6.10 Å². The van der Waals surface area contributed by atoms with E-state index < -0.39 is 0 Å². The Morgan fingerprint density at radius 1 is 1.29 bits per heavy atom. The van der Waals surface area contributed by atoms with Crippen LogP contribution in [0.5, 0.6) is 5.75 Å². The molecule has 0 heterocycles. The van der Waals surface area contributed by atoms with Crippen molar-refractivity contribution in [1.82, 2.24) is 0 Å². The highest BCUT2D eigenvalue weighted by atomic mass is 16.5. The average molecular weight is 192 g/mol. The van der Waals surface area contributed by atoms with Gasteiger partial charge in [0.25, 0.3) is 0 Å². The van der Waals surface area contributed by atoms with Crippen LogP contribution in [-0.4, -0.2) is 6.10 Å². The molecule has 0 amide bonds. The Morgan fingerprint density at radius 3 is 2.64 bits per heavy atom. The fourth-order valence-corrected chi connectivity index (χ4v) is 1.53. The van der Waals surface area contributed by atoms with Crippen molar-refractivity contribution in [3.63, 3.8) is 0 Å². The molecule has 0 saturated heterocycles. The van der Waals surface area contributed by atoms with Gasteiger partial charge in [-0.05, 0) is 44.4 Å². The van der Waals surface area contributed by atoms with Crippen LogP contribution >= 0.6 is 0 Å². The third kappa shape index (κ3) is 2.76. The molecule has 0 spiro atoms. The highest BCUT2D eigenvalue weighted by Gasteiger charge is 2.05. The van der Waals surface area contributed by atoms with Gasteiger partial charge in [-0.1, -0.05) is 25.5 Å². The van der Waals surface area contributed by atoms with Crippen LogP contribution in [0, 0.1) is 13.8 Å². The summed E-state index contributed by atoms with van der Waals surface area (Å²) in [6, 6.07) is 6.22. The van der Waals surface area contributed by atoms with Crippen molar-refractivity contribution in [1.29, 1.82) is 0 Å². The van der Waals surface area contributed by atoms with Gasteiger partial charge in [0.2, 0.25) is 0 Å². The summed E-state index contributed by atoms with van der Waals surface area (Å²) in [5.74, 6) is 1.03. The average Bonchev–Trinajstić information content (AvgIpc) is 2.13. The number of hydrogen-bond acceptors (Lipinski definition) is 1. The first-order valence-corrected chi connectivity index (χ1v) is 5.38. The molecule has 1 heteroatoms. The van der Waals surface area contributed by atoms with Crippen molar-refractivity contribution in [2.45, 2.75) is 46.6 Å². The molecular weight excluding hydrogens is 172 g/mol. The summed E-state index contributed by atoms with van der Waals surface area (Å²) in [6.45, 7) is 8.55. The maximum Gasteiger partial charge on any atom is 0.122 e. The van der Waals surface area contributed by atoms with Crippen molar-refractivity contribution in [2.24, 2.45) is 0 Å². The third-order valence-corrected chi connectivity index (χ3v) is 2.58. The Balaban J connectivity index is 2.71. The molecule has 1 atom stereocenters. The number of ether oxygens (including phenoxy) is 1. The highest BCUT2D eigenvalue weighted by molar-refractivity contribution is 5.38. The number of benzene rings is 1. The summed E-state index contributed by atoms with van der Waals surface area (Å²) in [5.41, 5.74) is 2.56. The van der Waals surface area contributed by atoms with E-state index in [9.17, 15) is 0 Å². The van der Waals surface area contributed by atoms with Crippen molar-refractivity contribution >= 4 is 0 Å². The summed E-state index contributed by atoms with van der Waals surface area (Å²) < 4.78 is 5.87. The van der Waals surface area contributed by atoms with Gasteiger partial charge in [-0.2, -0.15) is 0 Å².